The molecule has 1 aromatic carbocycles. The number of rotatable bonds is 1. The van der Waals surface area contributed by atoms with Gasteiger partial charge in [-0.25, -0.2) is 0 Å². The highest BCUT2D eigenvalue weighted by Gasteiger charge is 2.39. The van der Waals surface area contributed by atoms with Crippen LogP contribution in [-0.4, -0.2) is 37.6 Å². The van der Waals surface area contributed by atoms with E-state index in [1.165, 1.54) is 23.2 Å². The van der Waals surface area contributed by atoms with Crippen LogP contribution in [0, 0.1) is 5.92 Å². The van der Waals surface area contributed by atoms with Crippen LogP contribution >= 0.6 is 0 Å². The van der Waals surface area contributed by atoms with E-state index in [2.05, 4.69) is 41.5 Å². The number of fused-ring (bicyclic) bond motifs is 2. The van der Waals surface area contributed by atoms with Crippen molar-refractivity contribution in [2.24, 2.45) is 11.7 Å². The van der Waals surface area contributed by atoms with Gasteiger partial charge in [-0.2, -0.15) is 0 Å². The summed E-state index contributed by atoms with van der Waals surface area (Å²) in [6.07, 6.45) is 3.69. The van der Waals surface area contributed by atoms with Gasteiger partial charge in [-0.3, -0.25) is 4.90 Å². The Bertz CT molecular complexity index is 549. The Labute approximate surface area is 114 Å². The summed E-state index contributed by atoms with van der Waals surface area (Å²) in [5.74, 6) is 1.18. The lowest BCUT2D eigenvalue weighted by Gasteiger charge is -2.42. The first-order chi connectivity index (χ1) is 9.28. The first-order valence-electron chi connectivity index (χ1n) is 7.27. The lowest BCUT2D eigenvalue weighted by Crippen LogP contribution is -2.44. The highest BCUT2D eigenvalue weighted by Crippen LogP contribution is 2.48. The normalized spacial score (nSPS) is 32.3. The molecule has 3 N–H and O–H groups in total. The molecule has 19 heavy (non-hydrogen) atoms. The van der Waals surface area contributed by atoms with Crippen molar-refractivity contribution in [1.82, 2.24) is 4.90 Å². The van der Waals surface area contributed by atoms with Crippen molar-refractivity contribution >= 4 is 11.3 Å². The standard InChI is InChI=1S/C16H21N3/c1-19-9-10(7-17)5-13-12-3-2-4-14-16(12)11(8-18-14)6-15(13)19/h2-5,10-11,15,18H,6-9,17H2,1H3/t10-,11?,15+/m0/s1. The molecule has 1 aromatic rings. The van der Waals surface area contributed by atoms with Crippen molar-refractivity contribution in [1.29, 1.82) is 0 Å². The van der Waals surface area contributed by atoms with Gasteiger partial charge in [-0.15, -0.1) is 0 Å². The number of nitrogens with zero attached hydrogens (tertiary/aromatic N) is 1. The number of hydrogen-bond acceptors (Lipinski definition) is 3. The largest absolute Gasteiger partial charge is 0.384 e. The van der Waals surface area contributed by atoms with Gasteiger partial charge in [0.2, 0.25) is 0 Å². The highest BCUT2D eigenvalue weighted by molar-refractivity contribution is 5.81. The minimum absolute atomic E-state index is 0.498. The Hall–Kier alpha value is -1.32. The fourth-order valence-electron chi connectivity index (χ4n) is 4.09. The molecular weight excluding hydrogens is 234 g/mol. The van der Waals surface area contributed by atoms with E-state index < -0.39 is 0 Å². The number of hydrogen-bond donors (Lipinski definition) is 2. The average Bonchev–Trinajstić information content (AvgIpc) is 2.85. The fourth-order valence-corrected chi connectivity index (χ4v) is 4.09. The summed E-state index contributed by atoms with van der Waals surface area (Å²) in [5, 5.41) is 3.56. The van der Waals surface area contributed by atoms with Crippen molar-refractivity contribution in [2.75, 3.05) is 32.0 Å². The summed E-state index contributed by atoms with van der Waals surface area (Å²) in [6.45, 7) is 2.95. The quantitative estimate of drug-likeness (QED) is 0.805. The van der Waals surface area contributed by atoms with Crippen LogP contribution in [0.25, 0.3) is 5.57 Å². The van der Waals surface area contributed by atoms with Crippen LogP contribution in [0.4, 0.5) is 5.69 Å². The van der Waals surface area contributed by atoms with E-state index >= 15 is 0 Å². The maximum atomic E-state index is 5.89. The molecule has 4 rings (SSSR count). The monoisotopic (exact) mass is 255 g/mol. The molecule has 0 bridgehead atoms. The van der Waals surface area contributed by atoms with Crippen molar-refractivity contribution < 1.29 is 0 Å². The summed E-state index contributed by atoms with van der Waals surface area (Å²) < 4.78 is 0. The number of anilines is 1. The zero-order chi connectivity index (χ0) is 13.0. The van der Waals surface area contributed by atoms with Crippen LogP contribution in [0.1, 0.15) is 23.5 Å². The zero-order valence-corrected chi connectivity index (χ0v) is 11.4. The van der Waals surface area contributed by atoms with Crippen molar-refractivity contribution in [3.05, 3.63) is 35.4 Å². The van der Waals surface area contributed by atoms with E-state index in [1.807, 2.05) is 0 Å². The second-order valence-corrected chi connectivity index (χ2v) is 6.15. The smallest absolute Gasteiger partial charge is 0.0382 e. The lowest BCUT2D eigenvalue weighted by molar-refractivity contribution is 0.229. The van der Waals surface area contributed by atoms with Crippen LogP contribution in [0.5, 0.6) is 0 Å². The number of nitrogens with two attached hydrogens (primary N) is 1. The summed E-state index contributed by atoms with van der Waals surface area (Å²) in [5.41, 5.74) is 11.8. The maximum absolute atomic E-state index is 5.89. The molecule has 1 aliphatic carbocycles. The molecule has 100 valence electrons. The van der Waals surface area contributed by atoms with Crippen LogP contribution in [0.3, 0.4) is 0 Å². The molecule has 2 aliphatic heterocycles. The Morgan fingerprint density at radius 2 is 2.32 bits per heavy atom. The lowest BCUT2D eigenvalue weighted by atomic mass is 9.74. The summed E-state index contributed by atoms with van der Waals surface area (Å²) in [7, 11) is 2.25. The highest BCUT2D eigenvalue weighted by atomic mass is 15.1. The molecule has 1 unspecified atom stereocenters. The molecule has 3 heteroatoms. The van der Waals surface area contributed by atoms with E-state index in [4.69, 9.17) is 5.73 Å². The SMILES string of the molecule is CN1C[C@H](CN)C=C2c3cccc4c3C(CN4)C[C@H]21. The Kier molecular flexibility index (Phi) is 2.47. The molecule has 0 amide bonds. The molecule has 0 saturated heterocycles. The third-order valence-electron chi connectivity index (χ3n) is 5.00. The molecule has 3 atom stereocenters. The van der Waals surface area contributed by atoms with E-state index in [0.29, 0.717) is 17.9 Å². The van der Waals surface area contributed by atoms with Crippen LogP contribution in [0.2, 0.25) is 0 Å². The van der Waals surface area contributed by atoms with Gasteiger partial charge in [0, 0.05) is 36.7 Å². The maximum Gasteiger partial charge on any atom is 0.0382 e. The zero-order valence-electron chi connectivity index (χ0n) is 11.4. The van der Waals surface area contributed by atoms with E-state index in [-0.39, 0.29) is 0 Å². The number of benzene rings is 1. The first kappa shape index (κ1) is 11.5. The molecule has 3 nitrogen and oxygen atoms in total. The number of likely N-dealkylation sites (N-methyl/N-ethyl adjacent to an activating group) is 1. The number of nitrogens with one attached hydrogen (secondary N) is 1. The second kappa shape index (κ2) is 4.09. The summed E-state index contributed by atoms with van der Waals surface area (Å²) in [4.78, 5) is 2.50. The van der Waals surface area contributed by atoms with Gasteiger partial charge >= 0.3 is 0 Å². The van der Waals surface area contributed by atoms with Gasteiger partial charge in [-0.05, 0) is 42.8 Å². The van der Waals surface area contributed by atoms with Crippen LogP contribution in [0.15, 0.2) is 24.3 Å². The van der Waals surface area contributed by atoms with Gasteiger partial charge in [0.05, 0.1) is 0 Å². The van der Waals surface area contributed by atoms with Gasteiger partial charge in [0.1, 0.15) is 0 Å². The molecule has 0 fully saturated rings. The third-order valence-corrected chi connectivity index (χ3v) is 5.00. The second-order valence-electron chi connectivity index (χ2n) is 6.15. The minimum atomic E-state index is 0.498. The van der Waals surface area contributed by atoms with Gasteiger partial charge < -0.3 is 11.1 Å². The fraction of sp³-hybridized carbons (Fsp3) is 0.500. The van der Waals surface area contributed by atoms with Crippen LogP contribution in [-0.2, 0) is 0 Å². The molecule has 0 spiro atoms. The van der Waals surface area contributed by atoms with Gasteiger partial charge in [0.15, 0.2) is 0 Å². The van der Waals surface area contributed by atoms with Gasteiger partial charge in [-0.1, -0.05) is 18.2 Å². The Balaban J connectivity index is 1.88. The average molecular weight is 255 g/mol. The predicted molar refractivity (Wildman–Crippen MR) is 79.2 cm³/mol. The molecule has 3 aliphatic rings. The third kappa shape index (κ3) is 1.58. The molecule has 0 saturated carbocycles. The van der Waals surface area contributed by atoms with Crippen molar-refractivity contribution in [3.8, 4) is 0 Å². The van der Waals surface area contributed by atoms with Crippen molar-refractivity contribution in [3.63, 3.8) is 0 Å². The molecular formula is C16H21N3. The molecule has 0 radical (unpaired) electrons. The summed E-state index contributed by atoms with van der Waals surface area (Å²) >= 11 is 0. The van der Waals surface area contributed by atoms with Crippen LogP contribution < -0.4 is 11.1 Å². The van der Waals surface area contributed by atoms with Gasteiger partial charge in [0.25, 0.3) is 0 Å². The summed E-state index contributed by atoms with van der Waals surface area (Å²) in [6, 6.07) is 7.27. The van der Waals surface area contributed by atoms with Crippen molar-refractivity contribution in [2.45, 2.75) is 18.4 Å². The minimum Gasteiger partial charge on any atom is -0.384 e. The Morgan fingerprint density at radius 1 is 1.42 bits per heavy atom. The Morgan fingerprint density at radius 3 is 3.16 bits per heavy atom. The molecule has 0 aromatic heterocycles. The van der Waals surface area contributed by atoms with E-state index in [0.717, 1.165) is 19.6 Å². The first-order valence-corrected chi connectivity index (χ1v) is 7.27. The van der Waals surface area contributed by atoms with E-state index in [1.54, 1.807) is 5.56 Å². The predicted octanol–water partition coefficient (Wildman–Crippen LogP) is 1.87. The van der Waals surface area contributed by atoms with E-state index in [9.17, 15) is 0 Å². The molecule has 2 heterocycles. The topological polar surface area (TPSA) is 41.3 Å².